The first kappa shape index (κ1) is 18.1. The van der Waals surface area contributed by atoms with Gasteiger partial charge >= 0.3 is 12.2 Å². The van der Waals surface area contributed by atoms with Crippen LogP contribution in [0.2, 0.25) is 0 Å². The van der Waals surface area contributed by atoms with Crippen LogP contribution in [-0.2, 0) is 6.54 Å². The van der Waals surface area contributed by atoms with Crippen LogP contribution in [0, 0.1) is 0 Å². The van der Waals surface area contributed by atoms with Crippen LogP contribution < -0.4 is 15.4 Å². The van der Waals surface area contributed by atoms with E-state index in [-0.39, 0.29) is 13.1 Å². The van der Waals surface area contributed by atoms with E-state index < -0.39 is 24.7 Å². The molecule has 22 heavy (non-hydrogen) atoms. The summed E-state index contributed by atoms with van der Waals surface area (Å²) in [5, 5.41) is 13.6. The molecule has 0 spiro atoms. The molecule has 124 valence electrons. The Hall–Kier alpha value is -1.96. The van der Waals surface area contributed by atoms with Gasteiger partial charge in [-0.1, -0.05) is 18.2 Å². The van der Waals surface area contributed by atoms with Crippen LogP contribution in [0.4, 0.5) is 18.0 Å². The molecule has 3 N–H and O–H groups in total. The summed E-state index contributed by atoms with van der Waals surface area (Å²) in [7, 11) is 0. The molecule has 8 heteroatoms. The van der Waals surface area contributed by atoms with E-state index in [0.717, 1.165) is 5.56 Å². The third-order valence-corrected chi connectivity index (χ3v) is 2.79. The summed E-state index contributed by atoms with van der Waals surface area (Å²) >= 11 is 0. The van der Waals surface area contributed by atoms with Gasteiger partial charge < -0.3 is 20.5 Å². The lowest BCUT2D eigenvalue weighted by molar-refractivity contribution is -0.204. The van der Waals surface area contributed by atoms with E-state index >= 15 is 0 Å². The van der Waals surface area contributed by atoms with Crippen molar-refractivity contribution in [1.82, 2.24) is 10.6 Å². The van der Waals surface area contributed by atoms with Crippen molar-refractivity contribution in [2.24, 2.45) is 0 Å². The average molecular weight is 320 g/mol. The highest BCUT2D eigenvalue weighted by atomic mass is 19.4. The number of para-hydroxylation sites is 1. The van der Waals surface area contributed by atoms with E-state index in [0.29, 0.717) is 12.4 Å². The molecule has 1 aromatic carbocycles. The first-order valence-corrected chi connectivity index (χ1v) is 6.81. The highest BCUT2D eigenvalue weighted by molar-refractivity contribution is 5.73. The number of hydrogen-bond donors (Lipinski definition) is 3. The zero-order chi connectivity index (χ0) is 16.6. The van der Waals surface area contributed by atoms with Gasteiger partial charge in [0.15, 0.2) is 6.10 Å². The minimum atomic E-state index is -4.67. The number of aliphatic hydroxyl groups is 1. The third-order valence-electron chi connectivity index (χ3n) is 2.79. The molecule has 0 aliphatic rings. The van der Waals surface area contributed by atoms with Gasteiger partial charge in [0, 0.05) is 18.7 Å². The Kier molecular flexibility index (Phi) is 6.97. The lowest BCUT2D eigenvalue weighted by Crippen LogP contribution is -2.38. The van der Waals surface area contributed by atoms with Crippen LogP contribution in [-0.4, -0.2) is 36.6 Å². The van der Waals surface area contributed by atoms with Crippen LogP contribution in [0.25, 0.3) is 0 Å². The molecule has 1 aromatic rings. The van der Waals surface area contributed by atoms with Crippen molar-refractivity contribution in [1.29, 1.82) is 0 Å². The Labute approximate surface area is 126 Å². The predicted octanol–water partition coefficient (Wildman–Crippen LogP) is 2.20. The maximum atomic E-state index is 12.1. The Morgan fingerprint density at radius 3 is 2.64 bits per heavy atom. The van der Waals surface area contributed by atoms with Crippen molar-refractivity contribution in [3.05, 3.63) is 29.8 Å². The van der Waals surface area contributed by atoms with E-state index in [1.54, 1.807) is 24.3 Å². The molecule has 0 saturated heterocycles. The minimum Gasteiger partial charge on any atom is -0.494 e. The maximum Gasteiger partial charge on any atom is 0.414 e. The summed E-state index contributed by atoms with van der Waals surface area (Å²) in [5.74, 6) is 0.637. The highest BCUT2D eigenvalue weighted by Gasteiger charge is 2.37. The number of rotatable bonds is 7. The summed E-state index contributed by atoms with van der Waals surface area (Å²) in [5.41, 5.74) is 0.759. The quantitative estimate of drug-likeness (QED) is 0.721. The fourth-order valence-electron chi connectivity index (χ4n) is 1.67. The van der Waals surface area contributed by atoms with Gasteiger partial charge in [0.05, 0.1) is 6.61 Å². The van der Waals surface area contributed by atoms with Gasteiger partial charge in [-0.05, 0) is 19.4 Å². The molecule has 0 radical (unpaired) electrons. The van der Waals surface area contributed by atoms with Crippen molar-refractivity contribution in [2.75, 3.05) is 13.2 Å². The second kappa shape index (κ2) is 8.47. The van der Waals surface area contributed by atoms with Gasteiger partial charge in [0.25, 0.3) is 0 Å². The van der Waals surface area contributed by atoms with E-state index in [1.807, 2.05) is 6.92 Å². The Morgan fingerprint density at radius 1 is 1.32 bits per heavy atom. The maximum absolute atomic E-state index is 12.1. The summed E-state index contributed by atoms with van der Waals surface area (Å²) in [6.45, 7) is 2.23. The number of nitrogens with one attached hydrogen (secondary N) is 2. The number of halogens is 3. The number of aliphatic hydroxyl groups excluding tert-OH is 1. The Balaban J connectivity index is 2.35. The molecule has 5 nitrogen and oxygen atoms in total. The first-order valence-electron chi connectivity index (χ1n) is 6.81. The number of alkyl halides is 3. The van der Waals surface area contributed by atoms with Crippen LogP contribution in [0.1, 0.15) is 18.9 Å². The molecule has 0 aromatic heterocycles. The van der Waals surface area contributed by atoms with Gasteiger partial charge in [-0.3, -0.25) is 0 Å². The third kappa shape index (κ3) is 6.21. The van der Waals surface area contributed by atoms with Crippen molar-refractivity contribution in [2.45, 2.75) is 32.2 Å². The lowest BCUT2D eigenvalue weighted by atomic mass is 10.2. The van der Waals surface area contributed by atoms with Crippen LogP contribution in [0.5, 0.6) is 5.75 Å². The topological polar surface area (TPSA) is 70.6 Å². The summed E-state index contributed by atoms with van der Waals surface area (Å²) in [6.07, 6.45) is -7.70. The first-order chi connectivity index (χ1) is 10.3. The largest absolute Gasteiger partial charge is 0.494 e. The van der Waals surface area contributed by atoms with Crippen LogP contribution >= 0.6 is 0 Å². The Morgan fingerprint density at radius 2 is 2.00 bits per heavy atom. The SMILES string of the molecule is CCOc1ccccc1CNC(=O)NCC[C@H](O)C(F)(F)F. The second-order valence-electron chi connectivity index (χ2n) is 4.50. The van der Waals surface area contributed by atoms with E-state index in [2.05, 4.69) is 10.6 Å². The molecular weight excluding hydrogens is 301 g/mol. The predicted molar refractivity (Wildman–Crippen MR) is 74.5 cm³/mol. The Bertz CT molecular complexity index is 481. The van der Waals surface area contributed by atoms with Crippen LogP contribution in [0.3, 0.4) is 0 Å². The molecule has 2 amide bonds. The zero-order valence-electron chi connectivity index (χ0n) is 12.1. The van der Waals surface area contributed by atoms with Crippen molar-refractivity contribution in [3.8, 4) is 5.75 Å². The monoisotopic (exact) mass is 320 g/mol. The molecule has 0 unspecified atom stereocenters. The van der Waals surface area contributed by atoms with Gasteiger partial charge in [0.1, 0.15) is 5.75 Å². The van der Waals surface area contributed by atoms with Gasteiger partial charge in [0.2, 0.25) is 0 Å². The van der Waals surface area contributed by atoms with E-state index in [9.17, 15) is 18.0 Å². The number of carbonyl (C=O) groups is 1. The molecule has 0 saturated carbocycles. The molecular formula is C14H19F3N2O3. The lowest BCUT2D eigenvalue weighted by Gasteiger charge is -2.15. The second-order valence-corrected chi connectivity index (χ2v) is 4.50. The zero-order valence-corrected chi connectivity index (χ0v) is 12.1. The van der Waals surface area contributed by atoms with Crippen molar-refractivity contribution < 1.29 is 27.8 Å². The van der Waals surface area contributed by atoms with Crippen LogP contribution in [0.15, 0.2) is 24.3 Å². The van der Waals surface area contributed by atoms with Gasteiger partial charge in [-0.25, -0.2) is 4.79 Å². The number of amides is 2. The van der Waals surface area contributed by atoms with Crippen molar-refractivity contribution in [3.63, 3.8) is 0 Å². The van der Waals surface area contributed by atoms with Gasteiger partial charge in [-0.2, -0.15) is 13.2 Å². The molecule has 1 rings (SSSR count). The molecule has 0 aliphatic heterocycles. The van der Waals surface area contributed by atoms with E-state index in [1.165, 1.54) is 0 Å². The highest BCUT2D eigenvalue weighted by Crippen LogP contribution is 2.21. The molecule has 0 bridgehead atoms. The minimum absolute atomic E-state index is 0.184. The van der Waals surface area contributed by atoms with Crippen molar-refractivity contribution >= 4 is 6.03 Å². The standard InChI is InChI=1S/C14H19F3N2O3/c1-2-22-11-6-4-3-5-10(11)9-19-13(21)18-8-7-12(20)14(15,16)17/h3-6,12,20H,2,7-9H2,1H3,(H2,18,19,21)/t12-/m0/s1. The fourth-order valence-corrected chi connectivity index (χ4v) is 1.67. The normalized spacial score (nSPS) is 12.6. The smallest absolute Gasteiger partial charge is 0.414 e. The number of hydrogen-bond acceptors (Lipinski definition) is 3. The van der Waals surface area contributed by atoms with Gasteiger partial charge in [-0.15, -0.1) is 0 Å². The summed E-state index contributed by atoms with van der Waals surface area (Å²) in [4.78, 5) is 11.5. The van der Waals surface area contributed by atoms with E-state index in [4.69, 9.17) is 9.84 Å². The molecule has 0 fully saturated rings. The number of ether oxygens (including phenoxy) is 1. The molecule has 1 atom stereocenters. The number of carbonyl (C=O) groups excluding carboxylic acids is 1. The number of urea groups is 1. The molecule has 0 aliphatic carbocycles. The fraction of sp³-hybridized carbons (Fsp3) is 0.500. The average Bonchev–Trinajstić information content (AvgIpc) is 2.45. The molecule has 0 heterocycles. The summed E-state index contributed by atoms with van der Waals surface area (Å²) < 4.78 is 41.6. The number of benzene rings is 1. The summed E-state index contributed by atoms with van der Waals surface area (Å²) in [6, 6.07) is 6.52.